The first-order chi connectivity index (χ1) is 8.76. The molecule has 4 nitrogen and oxygen atoms in total. The van der Waals surface area contributed by atoms with Crippen molar-refractivity contribution in [3.05, 3.63) is 0 Å². The Balaban J connectivity index is 2.28. The second kappa shape index (κ2) is 8.86. The first-order valence-corrected chi connectivity index (χ1v) is 7.31. The minimum atomic E-state index is -0.167. The Morgan fingerprint density at radius 1 is 1.11 bits per heavy atom. The number of hydrogen-bond acceptors (Lipinski definition) is 4. The van der Waals surface area contributed by atoms with Gasteiger partial charge < -0.3 is 19.9 Å². The van der Waals surface area contributed by atoms with E-state index in [1.807, 2.05) is 13.8 Å². The summed E-state index contributed by atoms with van der Waals surface area (Å²) in [6.45, 7) is 7.12. The maximum absolute atomic E-state index is 9.61. The van der Waals surface area contributed by atoms with E-state index in [0.29, 0.717) is 19.8 Å². The quantitative estimate of drug-likeness (QED) is 0.621. The van der Waals surface area contributed by atoms with Crippen LogP contribution in [0.3, 0.4) is 0 Å². The fraction of sp³-hybridized carbons (Fsp3) is 1.00. The lowest BCUT2D eigenvalue weighted by Crippen LogP contribution is -2.42. The fourth-order valence-electron chi connectivity index (χ4n) is 2.69. The molecule has 1 aliphatic rings. The van der Waals surface area contributed by atoms with Crippen LogP contribution in [0.15, 0.2) is 0 Å². The van der Waals surface area contributed by atoms with Gasteiger partial charge in [0.1, 0.15) is 0 Å². The average Bonchev–Trinajstić information content (AvgIpc) is 2.40. The van der Waals surface area contributed by atoms with Crippen molar-refractivity contribution in [2.24, 2.45) is 5.41 Å². The maximum Gasteiger partial charge on any atom is 0.169 e. The van der Waals surface area contributed by atoms with Crippen molar-refractivity contribution in [1.82, 2.24) is 5.32 Å². The van der Waals surface area contributed by atoms with E-state index in [2.05, 4.69) is 5.32 Å². The van der Waals surface area contributed by atoms with Crippen molar-refractivity contribution in [3.63, 3.8) is 0 Å². The summed E-state index contributed by atoms with van der Waals surface area (Å²) in [4.78, 5) is 0. The van der Waals surface area contributed by atoms with Crippen LogP contribution in [0.4, 0.5) is 0 Å². The smallest absolute Gasteiger partial charge is 0.169 e. The molecule has 4 heteroatoms. The number of aliphatic hydroxyl groups excluding tert-OH is 1. The van der Waals surface area contributed by atoms with Gasteiger partial charge in [0.15, 0.2) is 6.29 Å². The summed E-state index contributed by atoms with van der Waals surface area (Å²) < 4.78 is 11.0. The SMILES string of the molecule is CCOC(CNCC1(CO)CCCCC1)OCC. The van der Waals surface area contributed by atoms with Gasteiger partial charge in [-0.3, -0.25) is 0 Å². The second-order valence-electron chi connectivity index (χ2n) is 5.19. The van der Waals surface area contributed by atoms with Gasteiger partial charge in [-0.15, -0.1) is 0 Å². The Kier molecular flexibility index (Phi) is 7.82. The molecule has 0 aromatic heterocycles. The van der Waals surface area contributed by atoms with E-state index in [4.69, 9.17) is 9.47 Å². The van der Waals surface area contributed by atoms with Crippen molar-refractivity contribution in [2.75, 3.05) is 32.9 Å². The third-order valence-electron chi connectivity index (χ3n) is 3.77. The molecular formula is C14H29NO3. The topological polar surface area (TPSA) is 50.7 Å². The lowest BCUT2D eigenvalue weighted by atomic mass is 9.74. The molecule has 0 aromatic rings. The van der Waals surface area contributed by atoms with Gasteiger partial charge in [0, 0.05) is 38.3 Å². The first kappa shape index (κ1) is 15.9. The van der Waals surface area contributed by atoms with Crippen LogP contribution in [0.25, 0.3) is 0 Å². The molecule has 0 atom stereocenters. The number of hydrogen-bond donors (Lipinski definition) is 2. The molecule has 0 aromatic carbocycles. The third-order valence-corrected chi connectivity index (χ3v) is 3.77. The zero-order valence-electron chi connectivity index (χ0n) is 11.9. The molecule has 2 N–H and O–H groups in total. The van der Waals surface area contributed by atoms with E-state index in [1.54, 1.807) is 0 Å². The lowest BCUT2D eigenvalue weighted by Gasteiger charge is -2.36. The molecule has 0 amide bonds. The highest BCUT2D eigenvalue weighted by Crippen LogP contribution is 2.35. The number of rotatable bonds is 9. The summed E-state index contributed by atoms with van der Waals surface area (Å²) in [6.07, 6.45) is 5.88. The van der Waals surface area contributed by atoms with Gasteiger partial charge in [0.2, 0.25) is 0 Å². The third kappa shape index (κ3) is 5.22. The maximum atomic E-state index is 9.61. The van der Waals surface area contributed by atoms with E-state index in [-0.39, 0.29) is 18.3 Å². The van der Waals surface area contributed by atoms with Crippen LogP contribution in [-0.2, 0) is 9.47 Å². The van der Waals surface area contributed by atoms with E-state index in [0.717, 1.165) is 19.4 Å². The molecule has 0 saturated heterocycles. The Labute approximate surface area is 111 Å². The number of ether oxygens (including phenoxy) is 2. The predicted molar refractivity (Wildman–Crippen MR) is 72.5 cm³/mol. The van der Waals surface area contributed by atoms with Crippen molar-refractivity contribution in [1.29, 1.82) is 0 Å². The molecule has 0 heterocycles. The molecule has 0 bridgehead atoms. The largest absolute Gasteiger partial charge is 0.396 e. The van der Waals surface area contributed by atoms with Crippen LogP contribution in [0.1, 0.15) is 46.0 Å². The zero-order chi connectivity index (χ0) is 13.3. The molecule has 0 spiro atoms. The van der Waals surface area contributed by atoms with Crippen molar-refractivity contribution in [3.8, 4) is 0 Å². The molecule has 18 heavy (non-hydrogen) atoms. The van der Waals surface area contributed by atoms with Crippen LogP contribution in [0.5, 0.6) is 0 Å². The average molecular weight is 259 g/mol. The molecule has 1 aliphatic carbocycles. The molecule has 1 saturated carbocycles. The molecule has 0 unspecified atom stereocenters. The van der Waals surface area contributed by atoms with E-state index < -0.39 is 0 Å². The van der Waals surface area contributed by atoms with E-state index >= 15 is 0 Å². The fourth-order valence-corrected chi connectivity index (χ4v) is 2.69. The zero-order valence-corrected chi connectivity index (χ0v) is 11.9. The van der Waals surface area contributed by atoms with Gasteiger partial charge in [-0.2, -0.15) is 0 Å². The molecule has 1 fully saturated rings. The highest BCUT2D eigenvalue weighted by molar-refractivity contribution is 4.84. The van der Waals surface area contributed by atoms with Gasteiger partial charge >= 0.3 is 0 Å². The highest BCUT2D eigenvalue weighted by Gasteiger charge is 2.31. The van der Waals surface area contributed by atoms with E-state index in [1.165, 1.54) is 19.3 Å². The Morgan fingerprint density at radius 3 is 2.22 bits per heavy atom. The first-order valence-electron chi connectivity index (χ1n) is 7.31. The van der Waals surface area contributed by atoms with Crippen molar-refractivity contribution < 1.29 is 14.6 Å². The monoisotopic (exact) mass is 259 g/mol. The minimum Gasteiger partial charge on any atom is -0.396 e. The highest BCUT2D eigenvalue weighted by atomic mass is 16.7. The van der Waals surface area contributed by atoms with Gasteiger partial charge in [-0.05, 0) is 26.7 Å². The molecule has 0 aliphatic heterocycles. The van der Waals surface area contributed by atoms with Gasteiger partial charge in [-0.25, -0.2) is 0 Å². The Morgan fingerprint density at radius 2 is 1.72 bits per heavy atom. The van der Waals surface area contributed by atoms with Crippen molar-refractivity contribution >= 4 is 0 Å². The minimum absolute atomic E-state index is 0.0846. The number of nitrogens with one attached hydrogen (secondary N) is 1. The van der Waals surface area contributed by atoms with Crippen LogP contribution >= 0.6 is 0 Å². The molecular weight excluding hydrogens is 230 g/mol. The summed E-state index contributed by atoms with van der Waals surface area (Å²) in [5.41, 5.74) is 0.0846. The summed E-state index contributed by atoms with van der Waals surface area (Å²) in [7, 11) is 0. The number of aliphatic hydroxyl groups is 1. The standard InChI is InChI=1S/C14H29NO3/c1-3-17-13(18-4-2)10-15-11-14(12-16)8-6-5-7-9-14/h13,15-16H,3-12H2,1-2H3. The Bertz CT molecular complexity index is 199. The van der Waals surface area contributed by atoms with Crippen LogP contribution in [-0.4, -0.2) is 44.3 Å². The van der Waals surface area contributed by atoms with Crippen LogP contribution in [0, 0.1) is 5.41 Å². The Hall–Kier alpha value is -0.160. The predicted octanol–water partition coefficient (Wildman–Crippen LogP) is 1.92. The summed E-state index contributed by atoms with van der Waals surface area (Å²) in [6, 6.07) is 0. The van der Waals surface area contributed by atoms with Gasteiger partial charge in [0.25, 0.3) is 0 Å². The summed E-state index contributed by atoms with van der Waals surface area (Å²) in [5, 5.41) is 13.0. The molecule has 1 rings (SSSR count). The normalized spacial score (nSPS) is 19.3. The summed E-state index contributed by atoms with van der Waals surface area (Å²) in [5.74, 6) is 0. The van der Waals surface area contributed by atoms with Gasteiger partial charge in [-0.1, -0.05) is 19.3 Å². The van der Waals surface area contributed by atoms with Gasteiger partial charge in [0.05, 0.1) is 0 Å². The second-order valence-corrected chi connectivity index (χ2v) is 5.19. The summed E-state index contributed by atoms with van der Waals surface area (Å²) >= 11 is 0. The van der Waals surface area contributed by atoms with Crippen LogP contribution in [0.2, 0.25) is 0 Å². The van der Waals surface area contributed by atoms with Crippen molar-refractivity contribution in [2.45, 2.75) is 52.2 Å². The molecule has 0 radical (unpaired) electrons. The molecule has 108 valence electrons. The van der Waals surface area contributed by atoms with E-state index in [9.17, 15) is 5.11 Å². The van der Waals surface area contributed by atoms with Crippen LogP contribution < -0.4 is 5.32 Å². The lowest BCUT2D eigenvalue weighted by molar-refractivity contribution is -0.133.